The van der Waals surface area contributed by atoms with Gasteiger partial charge < -0.3 is 14.5 Å². The fraction of sp³-hybridized carbons (Fsp3) is 0.318. The van der Waals surface area contributed by atoms with Crippen molar-refractivity contribution in [1.82, 2.24) is 9.80 Å². The summed E-state index contributed by atoms with van der Waals surface area (Å²) in [6.45, 7) is 2.40. The zero-order valence-electron chi connectivity index (χ0n) is 16.1. The Morgan fingerprint density at radius 1 is 1.07 bits per heavy atom. The average Bonchev–Trinajstić information content (AvgIpc) is 3.07. The van der Waals surface area contributed by atoms with Gasteiger partial charge in [0, 0.05) is 25.7 Å². The van der Waals surface area contributed by atoms with E-state index in [1.54, 1.807) is 65.4 Å². The molecule has 2 amide bonds. The molecule has 0 aromatic heterocycles. The summed E-state index contributed by atoms with van der Waals surface area (Å²) in [5.41, 5.74) is 0.436. The zero-order chi connectivity index (χ0) is 20.1. The Balaban J connectivity index is 1.74. The van der Waals surface area contributed by atoms with Crippen LogP contribution in [0.5, 0.6) is 5.75 Å². The minimum absolute atomic E-state index is 0.0962. The standard InChI is InChI=1S/C22H22N2O4/c1-22-13-24(21(27)16-10-6-7-11-17(16)28-3)12-18(22)23(2)20(26)15-9-5-4-8-14(15)19(22)25/h4-11,18H,12-13H2,1-3H3/t18-,22+/m1/s1. The third-order valence-corrected chi connectivity index (χ3v) is 5.98. The first-order valence-electron chi connectivity index (χ1n) is 9.22. The zero-order valence-corrected chi connectivity index (χ0v) is 16.1. The van der Waals surface area contributed by atoms with Gasteiger partial charge in [0.2, 0.25) is 0 Å². The number of hydrogen-bond donors (Lipinski definition) is 0. The molecule has 0 saturated carbocycles. The fourth-order valence-electron chi connectivity index (χ4n) is 4.40. The second-order valence-corrected chi connectivity index (χ2v) is 7.61. The number of carbonyl (C=O) groups is 3. The highest BCUT2D eigenvalue weighted by Crippen LogP contribution is 2.41. The molecule has 2 heterocycles. The summed E-state index contributed by atoms with van der Waals surface area (Å²) in [4.78, 5) is 42.8. The lowest BCUT2D eigenvalue weighted by Gasteiger charge is -2.32. The summed E-state index contributed by atoms with van der Waals surface area (Å²) in [6, 6.07) is 13.6. The van der Waals surface area contributed by atoms with Crippen LogP contribution in [0.25, 0.3) is 0 Å². The molecule has 2 aliphatic rings. The topological polar surface area (TPSA) is 66.9 Å². The summed E-state index contributed by atoms with van der Waals surface area (Å²) in [5.74, 6) is 0.00456. The largest absolute Gasteiger partial charge is 0.496 e. The number of fused-ring (bicyclic) bond motifs is 2. The number of ether oxygens (including phenoxy) is 1. The molecule has 0 aliphatic carbocycles. The SMILES string of the molecule is COc1ccccc1C(=O)N1C[C@H]2N(C)C(=O)c3ccccc3C(=O)[C@@]2(C)C1. The van der Waals surface area contributed by atoms with E-state index in [2.05, 4.69) is 0 Å². The molecule has 0 spiro atoms. The van der Waals surface area contributed by atoms with E-state index in [1.807, 2.05) is 6.92 Å². The van der Waals surface area contributed by atoms with Crippen LogP contribution in [-0.4, -0.2) is 60.7 Å². The molecule has 2 aliphatic heterocycles. The van der Waals surface area contributed by atoms with Crippen LogP contribution >= 0.6 is 0 Å². The maximum Gasteiger partial charge on any atom is 0.257 e. The van der Waals surface area contributed by atoms with E-state index < -0.39 is 11.5 Å². The van der Waals surface area contributed by atoms with Crippen molar-refractivity contribution in [3.05, 3.63) is 65.2 Å². The van der Waals surface area contributed by atoms with E-state index >= 15 is 0 Å². The van der Waals surface area contributed by atoms with Crippen molar-refractivity contribution in [3.63, 3.8) is 0 Å². The Hall–Kier alpha value is -3.15. The molecule has 0 bridgehead atoms. The predicted octanol–water partition coefficient (Wildman–Crippen LogP) is 2.49. The molecule has 2 aromatic carbocycles. The third kappa shape index (κ3) is 2.52. The number of ketones is 1. The van der Waals surface area contributed by atoms with Crippen molar-refractivity contribution in [1.29, 1.82) is 0 Å². The Morgan fingerprint density at radius 3 is 2.43 bits per heavy atom. The number of nitrogens with zero attached hydrogens (tertiary/aromatic N) is 2. The van der Waals surface area contributed by atoms with Crippen LogP contribution in [0.4, 0.5) is 0 Å². The van der Waals surface area contributed by atoms with E-state index in [0.29, 0.717) is 29.0 Å². The predicted molar refractivity (Wildman–Crippen MR) is 104 cm³/mol. The Bertz CT molecular complexity index is 986. The van der Waals surface area contributed by atoms with Gasteiger partial charge in [-0.25, -0.2) is 0 Å². The fourth-order valence-corrected chi connectivity index (χ4v) is 4.40. The van der Waals surface area contributed by atoms with Crippen molar-refractivity contribution < 1.29 is 19.1 Å². The number of amides is 2. The number of para-hydroxylation sites is 1. The van der Waals surface area contributed by atoms with Gasteiger partial charge >= 0.3 is 0 Å². The van der Waals surface area contributed by atoms with Crippen molar-refractivity contribution >= 4 is 17.6 Å². The minimum Gasteiger partial charge on any atom is -0.496 e. The van der Waals surface area contributed by atoms with E-state index in [9.17, 15) is 14.4 Å². The van der Waals surface area contributed by atoms with E-state index in [4.69, 9.17) is 4.74 Å². The highest BCUT2D eigenvalue weighted by atomic mass is 16.5. The Kier molecular flexibility index (Phi) is 4.22. The molecule has 2 atom stereocenters. The average molecular weight is 378 g/mol. The second kappa shape index (κ2) is 6.48. The van der Waals surface area contributed by atoms with E-state index in [-0.39, 0.29) is 24.1 Å². The van der Waals surface area contributed by atoms with Crippen LogP contribution in [0.3, 0.4) is 0 Å². The smallest absolute Gasteiger partial charge is 0.257 e. The van der Waals surface area contributed by atoms with Crippen molar-refractivity contribution in [2.75, 3.05) is 27.2 Å². The van der Waals surface area contributed by atoms with Gasteiger partial charge in [-0.3, -0.25) is 14.4 Å². The van der Waals surface area contributed by atoms with Crippen LogP contribution in [0, 0.1) is 5.41 Å². The molecule has 0 N–H and O–H groups in total. The molecule has 2 aromatic rings. The monoisotopic (exact) mass is 378 g/mol. The Morgan fingerprint density at radius 2 is 1.71 bits per heavy atom. The minimum atomic E-state index is -0.866. The number of rotatable bonds is 2. The van der Waals surface area contributed by atoms with Crippen LogP contribution in [0.1, 0.15) is 38.0 Å². The first-order valence-corrected chi connectivity index (χ1v) is 9.22. The number of benzene rings is 2. The van der Waals surface area contributed by atoms with Gasteiger partial charge in [-0.1, -0.05) is 30.3 Å². The molecule has 1 saturated heterocycles. The molecule has 28 heavy (non-hydrogen) atoms. The maximum absolute atomic E-state index is 13.4. The molecule has 4 rings (SSSR count). The molecule has 6 heteroatoms. The van der Waals surface area contributed by atoms with Gasteiger partial charge in [0.1, 0.15) is 5.75 Å². The highest BCUT2D eigenvalue weighted by Gasteiger charge is 2.55. The normalized spacial score (nSPS) is 23.9. The van der Waals surface area contributed by atoms with Gasteiger partial charge in [-0.2, -0.15) is 0 Å². The molecule has 144 valence electrons. The lowest BCUT2D eigenvalue weighted by atomic mass is 9.78. The van der Waals surface area contributed by atoms with Gasteiger partial charge in [-0.15, -0.1) is 0 Å². The number of likely N-dealkylation sites (tertiary alicyclic amines) is 1. The van der Waals surface area contributed by atoms with E-state index in [0.717, 1.165) is 0 Å². The van der Waals surface area contributed by atoms with Crippen molar-refractivity contribution in [2.24, 2.45) is 5.41 Å². The maximum atomic E-state index is 13.4. The van der Waals surface area contributed by atoms with Crippen LogP contribution in [0.2, 0.25) is 0 Å². The number of carbonyl (C=O) groups excluding carboxylic acids is 3. The molecular formula is C22H22N2O4. The number of hydrogen-bond acceptors (Lipinski definition) is 4. The quantitative estimate of drug-likeness (QED) is 0.805. The third-order valence-electron chi connectivity index (χ3n) is 5.98. The first kappa shape index (κ1) is 18.2. The molecule has 0 unspecified atom stereocenters. The van der Waals surface area contributed by atoms with Crippen molar-refractivity contribution in [2.45, 2.75) is 13.0 Å². The van der Waals surface area contributed by atoms with E-state index in [1.165, 1.54) is 7.11 Å². The van der Waals surface area contributed by atoms with Crippen molar-refractivity contribution in [3.8, 4) is 5.75 Å². The van der Waals surface area contributed by atoms with Crippen LogP contribution in [0.15, 0.2) is 48.5 Å². The summed E-state index contributed by atoms with van der Waals surface area (Å²) >= 11 is 0. The highest BCUT2D eigenvalue weighted by molar-refractivity contribution is 6.13. The van der Waals surface area contributed by atoms with Crippen LogP contribution < -0.4 is 4.74 Å². The first-order chi connectivity index (χ1) is 13.4. The summed E-state index contributed by atoms with van der Waals surface area (Å²) in [5, 5.41) is 0. The number of methoxy groups -OCH3 is 1. The van der Waals surface area contributed by atoms with Crippen LogP contribution in [-0.2, 0) is 0 Å². The summed E-state index contributed by atoms with van der Waals surface area (Å²) in [7, 11) is 3.23. The van der Waals surface area contributed by atoms with Gasteiger partial charge in [-0.05, 0) is 25.1 Å². The second-order valence-electron chi connectivity index (χ2n) is 7.61. The summed E-state index contributed by atoms with van der Waals surface area (Å²) in [6.07, 6.45) is 0. The van der Waals surface area contributed by atoms with Gasteiger partial charge in [0.25, 0.3) is 11.8 Å². The summed E-state index contributed by atoms with van der Waals surface area (Å²) < 4.78 is 5.32. The molecular weight excluding hydrogens is 356 g/mol. The number of likely N-dealkylation sites (N-methyl/N-ethyl adjacent to an activating group) is 1. The van der Waals surface area contributed by atoms with Gasteiger partial charge in [0.15, 0.2) is 5.78 Å². The Labute approximate surface area is 163 Å². The van der Waals surface area contributed by atoms with Gasteiger partial charge in [0.05, 0.1) is 29.7 Å². The molecule has 1 fully saturated rings. The lowest BCUT2D eigenvalue weighted by molar-refractivity contribution is 0.0606. The molecule has 0 radical (unpaired) electrons. The lowest BCUT2D eigenvalue weighted by Crippen LogP contribution is -2.48. The molecule has 6 nitrogen and oxygen atoms in total. The number of Topliss-reactive ketones (excluding diaryl/α,β-unsaturated/α-hetero) is 1.